The van der Waals surface area contributed by atoms with E-state index in [1.807, 2.05) is 18.9 Å². The number of carbonyl (C=O) groups excluding carboxylic acids is 2. The van der Waals surface area contributed by atoms with E-state index in [9.17, 15) is 9.59 Å². The van der Waals surface area contributed by atoms with Gasteiger partial charge in [0.1, 0.15) is 0 Å². The lowest BCUT2D eigenvalue weighted by atomic mass is 9.92. The zero-order valence-electron chi connectivity index (χ0n) is 10.7. The molecule has 2 atom stereocenters. The van der Waals surface area contributed by atoms with Crippen molar-refractivity contribution in [2.45, 2.75) is 38.6 Å². The van der Waals surface area contributed by atoms with Crippen molar-refractivity contribution in [1.82, 2.24) is 10.2 Å². The Morgan fingerprint density at radius 1 is 1.41 bits per heavy atom. The standard InChI is InChI=1S/C12H23N3O2/c1-9-5-6-10(12(13)17)8-15(9)11(16)4-3-7-14-2/h9-10,14H,3-8H2,1-2H3,(H2,13,17)/t9-,10-/m1/s1. The van der Waals surface area contributed by atoms with Crippen LogP contribution in [-0.2, 0) is 9.59 Å². The van der Waals surface area contributed by atoms with E-state index >= 15 is 0 Å². The number of rotatable bonds is 5. The summed E-state index contributed by atoms with van der Waals surface area (Å²) in [5.41, 5.74) is 5.31. The van der Waals surface area contributed by atoms with Gasteiger partial charge in [0.25, 0.3) is 0 Å². The number of primary amides is 1. The second-order valence-corrected chi connectivity index (χ2v) is 4.78. The van der Waals surface area contributed by atoms with Crippen LogP contribution in [0.1, 0.15) is 32.6 Å². The fraction of sp³-hybridized carbons (Fsp3) is 0.833. The SMILES string of the molecule is CNCCCC(=O)N1C[C@H](C(N)=O)CC[C@H]1C. The van der Waals surface area contributed by atoms with Gasteiger partial charge in [0.05, 0.1) is 5.92 Å². The Morgan fingerprint density at radius 2 is 2.12 bits per heavy atom. The van der Waals surface area contributed by atoms with Crippen LogP contribution < -0.4 is 11.1 Å². The maximum absolute atomic E-state index is 12.0. The third kappa shape index (κ3) is 4.00. The third-order valence-corrected chi connectivity index (χ3v) is 3.42. The minimum Gasteiger partial charge on any atom is -0.369 e. The Balaban J connectivity index is 2.48. The van der Waals surface area contributed by atoms with Crippen molar-refractivity contribution in [3.63, 3.8) is 0 Å². The van der Waals surface area contributed by atoms with Crippen LogP contribution in [0.4, 0.5) is 0 Å². The van der Waals surface area contributed by atoms with E-state index in [1.165, 1.54) is 0 Å². The second-order valence-electron chi connectivity index (χ2n) is 4.78. The highest BCUT2D eigenvalue weighted by Gasteiger charge is 2.30. The fourth-order valence-electron chi connectivity index (χ4n) is 2.25. The van der Waals surface area contributed by atoms with E-state index in [2.05, 4.69) is 5.32 Å². The Bertz CT molecular complexity index is 281. The smallest absolute Gasteiger partial charge is 0.222 e. The van der Waals surface area contributed by atoms with E-state index in [4.69, 9.17) is 5.73 Å². The maximum Gasteiger partial charge on any atom is 0.222 e. The summed E-state index contributed by atoms with van der Waals surface area (Å²) in [5, 5.41) is 3.02. The van der Waals surface area contributed by atoms with Crippen LogP contribution in [0.5, 0.6) is 0 Å². The van der Waals surface area contributed by atoms with Crippen molar-refractivity contribution in [2.24, 2.45) is 11.7 Å². The van der Waals surface area contributed by atoms with E-state index < -0.39 is 0 Å². The molecule has 5 nitrogen and oxygen atoms in total. The predicted molar refractivity (Wildman–Crippen MR) is 66.3 cm³/mol. The molecule has 0 saturated carbocycles. The van der Waals surface area contributed by atoms with Crippen LogP contribution in [0.2, 0.25) is 0 Å². The van der Waals surface area contributed by atoms with Gasteiger partial charge in [-0.3, -0.25) is 9.59 Å². The van der Waals surface area contributed by atoms with Crippen molar-refractivity contribution < 1.29 is 9.59 Å². The zero-order chi connectivity index (χ0) is 12.8. The summed E-state index contributed by atoms with van der Waals surface area (Å²) in [4.78, 5) is 25.0. The zero-order valence-corrected chi connectivity index (χ0v) is 10.7. The van der Waals surface area contributed by atoms with Gasteiger partial charge in [0.15, 0.2) is 0 Å². The highest BCUT2D eigenvalue weighted by Crippen LogP contribution is 2.22. The Kier molecular flexibility index (Phi) is 5.41. The van der Waals surface area contributed by atoms with Gasteiger partial charge in [-0.1, -0.05) is 0 Å². The number of piperidine rings is 1. The molecule has 1 aliphatic heterocycles. The Morgan fingerprint density at radius 3 is 2.71 bits per heavy atom. The molecule has 1 fully saturated rings. The van der Waals surface area contributed by atoms with Gasteiger partial charge >= 0.3 is 0 Å². The van der Waals surface area contributed by atoms with Crippen molar-refractivity contribution in [3.05, 3.63) is 0 Å². The lowest BCUT2D eigenvalue weighted by molar-refractivity contribution is -0.137. The van der Waals surface area contributed by atoms with Crippen LogP contribution in [-0.4, -0.2) is 42.9 Å². The molecular weight excluding hydrogens is 218 g/mol. The van der Waals surface area contributed by atoms with Gasteiger partial charge in [0, 0.05) is 19.0 Å². The molecule has 1 saturated heterocycles. The molecular formula is C12H23N3O2. The van der Waals surface area contributed by atoms with Crippen LogP contribution in [0.25, 0.3) is 0 Å². The second kappa shape index (κ2) is 6.59. The monoisotopic (exact) mass is 241 g/mol. The van der Waals surface area contributed by atoms with Crippen LogP contribution in [0.3, 0.4) is 0 Å². The third-order valence-electron chi connectivity index (χ3n) is 3.42. The first kappa shape index (κ1) is 14.0. The highest BCUT2D eigenvalue weighted by atomic mass is 16.2. The number of hydrogen-bond acceptors (Lipinski definition) is 3. The number of nitrogens with zero attached hydrogens (tertiary/aromatic N) is 1. The lowest BCUT2D eigenvalue weighted by Crippen LogP contribution is -2.48. The molecule has 0 aromatic heterocycles. The highest BCUT2D eigenvalue weighted by molar-refractivity contribution is 5.80. The first-order valence-corrected chi connectivity index (χ1v) is 6.29. The topological polar surface area (TPSA) is 75.4 Å². The Hall–Kier alpha value is -1.10. The normalized spacial score (nSPS) is 24.7. The quantitative estimate of drug-likeness (QED) is 0.670. The van der Waals surface area contributed by atoms with Crippen LogP contribution >= 0.6 is 0 Å². The molecule has 1 heterocycles. The summed E-state index contributed by atoms with van der Waals surface area (Å²) in [5.74, 6) is -0.317. The molecule has 0 aromatic rings. The summed E-state index contributed by atoms with van der Waals surface area (Å²) >= 11 is 0. The molecule has 3 N–H and O–H groups in total. The van der Waals surface area contributed by atoms with Crippen molar-refractivity contribution in [1.29, 1.82) is 0 Å². The molecule has 5 heteroatoms. The van der Waals surface area contributed by atoms with Crippen LogP contribution in [0.15, 0.2) is 0 Å². The molecule has 1 rings (SSSR count). The molecule has 98 valence electrons. The van der Waals surface area contributed by atoms with Gasteiger partial charge in [-0.2, -0.15) is 0 Å². The molecule has 0 spiro atoms. The molecule has 2 amide bonds. The summed E-state index contributed by atoms with van der Waals surface area (Å²) in [6.45, 7) is 3.37. The van der Waals surface area contributed by atoms with Gasteiger partial charge in [-0.25, -0.2) is 0 Å². The van der Waals surface area contributed by atoms with E-state index in [0.29, 0.717) is 13.0 Å². The summed E-state index contributed by atoms with van der Waals surface area (Å²) in [7, 11) is 1.87. The molecule has 0 radical (unpaired) electrons. The van der Waals surface area contributed by atoms with Gasteiger partial charge in [-0.05, 0) is 39.8 Å². The predicted octanol–water partition coefficient (Wildman–Crippen LogP) is 0.0984. The first-order valence-electron chi connectivity index (χ1n) is 6.29. The van der Waals surface area contributed by atoms with E-state index in [1.54, 1.807) is 0 Å². The number of likely N-dealkylation sites (tertiary alicyclic amines) is 1. The van der Waals surface area contributed by atoms with E-state index in [0.717, 1.165) is 25.8 Å². The number of hydrogen-bond donors (Lipinski definition) is 2. The van der Waals surface area contributed by atoms with Gasteiger partial charge in [-0.15, -0.1) is 0 Å². The molecule has 1 aliphatic rings. The number of carbonyl (C=O) groups is 2. The number of amides is 2. The molecule has 0 aromatic carbocycles. The summed E-state index contributed by atoms with van der Waals surface area (Å²) in [6.07, 6.45) is 3.04. The lowest BCUT2D eigenvalue weighted by Gasteiger charge is -2.37. The fourth-order valence-corrected chi connectivity index (χ4v) is 2.25. The average Bonchev–Trinajstić information content (AvgIpc) is 2.29. The molecule has 0 unspecified atom stereocenters. The van der Waals surface area contributed by atoms with Crippen molar-refractivity contribution in [2.75, 3.05) is 20.1 Å². The molecule has 0 bridgehead atoms. The average molecular weight is 241 g/mol. The van der Waals surface area contributed by atoms with Gasteiger partial charge in [0.2, 0.25) is 11.8 Å². The van der Waals surface area contributed by atoms with Crippen molar-refractivity contribution in [3.8, 4) is 0 Å². The molecule has 0 aliphatic carbocycles. The van der Waals surface area contributed by atoms with Gasteiger partial charge < -0.3 is 16.0 Å². The van der Waals surface area contributed by atoms with Crippen molar-refractivity contribution >= 4 is 11.8 Å². The van der Waals surface area contributed by atoms with Crippen LogP contribution in [0, 0.1) is 5.92 Å². The number of nitrogens with two attached hydrogens (primary N) is 1. The first-order chi connectivity index (χ1) is 8.06. The summed E-state index contributed by atoms with van der Waals surface area (Å²) < 4.78 is 0. The van der Waals surface area contributed by atoms with E-state index in [-0.39, 0.29) is 23.8 Å². The largest absolute Gasteiger partial charge is 0.369 e. The Labute approximate surface area is 103 Å². The maximum atomic E-state index is 12.0. The molecule has 17 heavy (non-hydrogen) atoms. The minimum atomic E-state index is -0.287. The summed E-state index contributed by atoms with van der Waals surface area (Å²) in [6, 6.07) is 0.229. The number of nitrogens with one attached hydrogen (secondary N) is 1. The minimum absolute atomic E-state index is 0.138.